The van der Waals surface area contributed by atoms with Crippen LogP contribution in [0.5, 0.6) is 0 Å². The Hall–Kier alpha value is -2.24. The third-order valence-corrected chi connectivity index (χ3v) is 3.33. The molecule has 0 atom stereocenters. The van der Waals surface area contributed by atoms with Crippen LogP contribution in [-0.2, 0) is 17.5 Å². The first kappa shape index (κ1) is 15.2. The SMILES string of the molecule is C=C1CCC(=O)C(N)=C1NCc1ccc(C(F)(F)F)cc1. The molecule has 0 unspecified atom stereocenters. The summed E-state index contributed by atoms with van der Waals surface area (Å²) < 4.78 is 37.4. The molecule has 0 spiro atoms. The summed E-state index contributed by atoms with van der Waals surface area (Å²) in [6, 6.07) is 4.82. The number of carbonyl (C=O) groups excluding carboxylic acids is 1. The maximum absolute atomic E-state index is 12.5. The van der Waals surface area contributed by atoms with Crippen molar-refractivity contribution in [1.29, 1.82) is 0 Å². The van der Waals surface area contributed by atoms with Crippen LogP contribution >= 0.6 is 0 Å². The summed E-state index contributed by atoms with van der Waals surface area (Å²) in [5.74, 6) is -0.141. The topological polar surface area (TPSA) is 55.1 Å². The molecule has 0 saturated heterocycles. The van der Waals surface area contributed by atoms with Crippen LogP contribution < -0.4 is 11.1 Å². The van der Waals surface area contributed by atoms with E-state index in [0.29, 0.717) is 24.1 Å². The van der Waals surface area contributed by atoms with Gasteiger partial charge in [0.15, 0.2) is 5.78 Å². The number of rotatable bonds is 3. The van der Waals surface area contributed by atoms with Gasteiger partial charge in [0.05, 0.1) is 17.0 Å². The average Bonchev–Trinajstić information content (AvgIpc) is 2.43. The summed E-state index contributed by atoms with van der Waals surface area (Å²) in [6.45, 7) is 4.12. The molecule has 0 bridgehead atoms. The highest BCUT2D eigenvalue weighted by Crippen LogP contribution is 2.29. The predicted molar refractivity (Wildman–Crippen MR) is 72.9 cm³/mol. The molecule has 1 aromatic rings. The van der Waals surface area contributed by atoms with Crippen LogP contribution in [-0.4, -0.2) is 5.78 Å². The molecule has 2 rings (SSSR count). The van der Waals surface area contributed by atoms with Gasteiger partial charge in [-0.3, -0.25) is 4.79 Å². The number of benzene rings is 1. The monoisotopic (exact) mass is 296 g/mol. The fourth-order valence-electron chi connectivity index (χ4n) is 2.08. The van der Waals surface area contributed by atoms with Crippen molar-refractivity contribution in [3.05, 3.63) is 58.9 Å². The minimum absolute atomic E-state index is 0.137. The number of nitrogens with one attached hydrogen (secondary N) is 1. The van der Waals surface area contributed by atoms with Crippen molar-refractivity contribution < 1.29 is 18.0 Å². The van der Waals surface area contributed by atoms with Gasteiger partial charge in [0, 0.05) is 13.0 Å². The normalized spacial score (nSPS) is 16.3. The zero-order chi connectivity index (χ0) is 15.6. The van der Waals surface area contributed by atoms with E-state index in [0.717, 1.165) is 17.7 Å². The molecule has 112 valence electrons. The highest BCUT2D eigenvalue weighted by Gasteiger charge is 2.29. The Balaban J connectivity index is 2.08. The maximum atomic E-state index is 12.5. The fourth-order valence-corrected chi connectivity index (χ4v) is 2.08. The van der Waals surface area contributed by atoms with E-state index in [1.54, 1.807) is 0 Å². The first-order valence-corrected chi connectivity index (χ1v) is 6.40. The molecule has 0 aliphatic heterocycles. The highest BCUT2D eigenvalue weighted by molar-refractivity contribution is 5.97. The maximum Gasteiger partial charge on any atom is 0.416 e. The Morgan fingerprint density at radius 2 is 1.81 bits per heavy atom. The van der Waals surface area contributed by atoms with E-state index < -0.39 is 11.7 Å². The largest absolute Gasteiger partial charge is 0.416 e. The number of alkyl halides is 3. The molecular formula is C15H15F3N2O. The van der Waals surface area contributed by atoms with Crippen molar-refractivity contribution in [1.82, 2.24) is 5.32 Å². The summed E-state index contributed by atoms with van der Waals surface area (Å²) in [7, 11) is 0. The Morgan fingerprint density at radius 3 is 2.38 bits per heavy atom. The smallest absolute Gasteiger partial charge is 0.394 e. The van der Waals surface area contributed by atoms with Crippen LogP contribution in [0.2, 0.25) is 0 Å². The van der Waals surface area contributed by atoms with Crippen molar-refractivity contribution in [2.24, 2.45) is 5.73 Å². The molecule has 3 N–H and O–H groups in total. The summed E-state index contributed by atoms with van der Waals surface area (Å²) in [6.07, 6.45) is -3.46. The van der Waals surface area contributed by atoms with E-state index in [2.05, 4.69) is 11.9 Å². The lowest BCUT2D eigenvalue weighted by Gasteiger charge is -2.20. The molecule has 0 fully saturated rings. The van der Waals surface area contributed by atoms with E-state index in [1.807, 2.05) is 0 Å². The molecule has 6 heteroatoms. The van der Waals surface area contributed by atoms with Gasteiger partial charge in [-0.15, -0.1) is 0 Å². The third kappa shape index (κ3) is 3.45. The van der Waals surface area contributed by atoms with Gasteiger partial charge in [-0.05, 0) is 29.7 Å². The van der Waals surface area contributed by atoms with E-state index >= 15 is 0 Å². The van der Waals surface area contributed by atoms with Gasteiger partial charge in [0.2, 0.25) is 0 Å². The minimum atomic E-state index is -4.34. The predicted octanol–water partition coefficient (Wildman–Crippen LogP) is 2.88. The minimum Gasteiger partial charge on any atom is -0.394 e. The first-order chi connectivity index (χ1) is 9.79. The van der Waals surface area contributed by atoms with Gasteiger partial charge in [0.25, 0.3) is 0 Å². The lowest BCUT2D eigenvalue weighted by atomic mass is 9.96. The molecule has 1 aliphatic carbocycles. The standard InChI is InChI=1S/C15H15F3N2O/c1-9-2-7-12(21)13(19)14(9)20-8-10-3-5-11(6-4-10)15(16,17)18/h3-6,20H,1-2,7-8,19H2. The van der Waals surface area contributed by atoms with Crippen LogP contribution in [0.25, 0.3) is 0 Å². The van der Waals surface area contributed by atoms with Gasteiger partial charge < -0.3 is 11.1 Å². The number of hydrogen-bond acceptors (Lipinski definition) is 3. The van der Waals surface area contributed by atoms with Gasteiger partial charge in [-0.1, -0.05) is 18.7 Å². The number of hydrogen-bond donors (Lipinski definition) is 2. The van der Waals surface area contributed by atoms with Crippen molar-refractivity contribution >= 4 is 5.78 Å². The number of ketones is 1. The van der Waals surface area contributed by atoms with E-state index in [4.69, 9.17) is 5.73 Å². The molecule has 0 heterocycles. The van der Waals surface area contributed by atoms with Gasteiger partial charge in [0.1, 0.15) is 0 Å². The number of halogens is 3. The van der Waals surface area contributed by atoms with Crippen LogP contribution in [0.1, 0.15) is 24.0 Å². The van der Waals surface area contributed by atoms with Crippen molar-refractivity contribution in [3.8, 4) is 0 Å². The van der Waals surface area contributed by atoms with Gasteiger partial charge in [-0.25, -0.2) is 0 Å². The highest BCUT2D eigenvalue weighted by atomic mass is 19.4. The second kappa shape index (κ2) is 5.63. The van der Waals surface area contributed by atoms with Crippen molar-refractivity contribution in [3.63, 3.8) is 0 Å². The molecule has 0 saturated carbocycles. The van der Waals surface area contributed by atoms with E-state index in [-0.39, 0.29) is 18.0 Å². The Morgan fingerprint density at radius 1 is 1.19 bits per heavy atom. The summed E-state index contributed by atoms with van der Waals surface area (Å²) >= 11 is 0. The molecule has 3 nitrogen and oxygen atoms in total. The summed E-state index contributed by atoms with van der Waals surface area (Å²) in [4.78, 5) is 11.5. The van der Waals surface area contributed by atoms with Crippen LogP contribution in [0.4, 0.5) is 13.2 Å². The van der Waals surface area contributed by atoms with Crippen LogP contribution in [0.3, 0.4) is 0 Å². The molecular weight excluding hydrogens is 281 g/mol. The Bertz CT molecular complexity index is 600. The first-order valence-electron chi connectivity index (χ1n) is 6.40. The second-order valence-electron chi connectivity index (χ2n) is 4.86. The third-order valence-electron chi connectivity index (χ3n) is 3.33. The number of nitrogens with two attached hydrogens (primary N) is 1. The van der Waals surface area contributed by atoms with Crippen LogP contribution in [0.15, 0.2) is 47.8 Å². The molecule has 0 amide bonds. The van der Waals surface area contributed by atoms with Crippen LogP contribution in [0, 0.1) is 0 Å². The lowest BCUT2D eigenvalue weighted by molar-refractivity contribution is -0.137. The summed E-state index contributed by atoms with van der Waals surface area (Å²) in [5.41, 5.74) is 7.05. The number of allylic oxidation sites excluding steroid dienone is 2. The molecule has 1 aliphatic rings. The summed E-state index contributed by atoms with van der Waals surface area (Å²) in [5, 5.41) is 2.98. The molecule has 1 aromatic carbocycles. The Labute approximate surface area is 120 Å². The Kier molecular flexibility index (Phi) is 4.06. The van der Waals surface area contributed by atoms with Crippen molar-refractivity contribution in [2.45, 2.75) is 25.6 Å². The lowest BCUT2D eigenvalue weighted by Crippen LogP contribution is -2.27. The molecule has 0 aromatic heterocycles. The van der Waals surface area contributed by atoms with Crippen molar-refractivity contribution in [2.75, 3.05) is 0 Å². The van der Waals surface area contributed by atoms with E-state index in [1.165, 1.54) is 12.1 Å². The zero-order valence-electron chi connectivity index (χ0n) is 11.3. The van der Waals surface area contributed by atoms with E-state index in [9.17, 15) is 18.0 Å². The zero-order valence-corrected chi connectivity index (χ0v) is 11.3. The fraction of sp³-hybridized carbons (Fsp3) is 0.267. The second-order valence-corrected chi connectivity index (χ2v) is 4.86. The molecule has 0 radical (unpaired) electrons. The van der Waals surface area contributed by atoms with Gasteiger partial charge >= 0.3 is 6.18 Å². The number of Topliss-reactive ketones (excluding diaryl/α,β-unsaturated/α-hetero) is 1. The van der Waals surface area contributed by atoms with Gasteiger partial charge in [-0.2, -0.15) is 13.2 Å². The quantitative estimate of drug-likeness (QED) is 0.901. The average molecular weight is 296 g/mol. The molecule has 21 heavy (non-hydrogen) atoms. The number of carbonyl (C=O) groups is 1.